The van der Waals surface area contributed by atoms with Gasteiger partial charge < -0.3 is 11.1 Å². The van der Waals surface area contributed by atoms with E-state index in [4.69, 9.17) is 5.73 Å². The molecule has 3 N–H and O–H groups in total. The van der Waals surface area contributed by atoms with Crippen molar-refractivity contribution < 1.29 is 4.79 Å². The van der Waals surface area contributed by atoms with E-state index in [1.54, 1.807) is 0 Å². The normalized spacial score (nSPS) is 11.6. The smallest absolute Gasteiger partial charge is 0.251 e. The highest BCUT2D eigenvalue weighted by atomic mass is 16.1. The van der Waals surface area contributed by atoms with Crippen LogP contribution < -0.4 is 11.1 Å². The fourth-order valence-corrected chi connectivity index (χ4v) is 2.19. The zero-order chi connectivity index (χ0) is 14.6. The van der Waals surface area contributed by atoms with Gasteiger partial charge in [0.15, 0.2) is 0 Å². The maximum atomic E-state index is 12.2. The Balaban J connectivity index is 2.11. The summed E-state index contributed by atoms with van der Waals surface area (Å²) in [5, 5.41) is 5.15. The second kappa shape index (κ2) is 6.06. The van der Waals surface area contributed by atoms with E-state index < -0.39 is 0 Å². The van der Waals surface area contributed by atoms with Gasteiger partial charge in [-0.1, -0.05) is 44.2 Å². The first kappa shape index (κ1) is 14.5. The van der Waals surface area contributed by atoms with Crippen LogP contribution in [0.15, 0.2) is 42.5 Å². The molecule has 0 atom stereocenters. The van der Waals surface area contributed by atoms with E-state index in [1.165, 1.54) is 0 Å². The number of nitrogens with one attached hydrogen (secondary N) is 1. The van der Waals surface area contributed by atoms with E-state index in [1.807, 2.05) is 56.3 Å². The van der Waals surface area contributed by atoms with Crippen LogP contribution in [-0.2, 0) is 0 Å². The van der Waals surface area contributed by atoms with E-state index in [0.29, 0.717) is 12.1 Å². The number of fused-ring (bicyclic) bond motifs is 1. The van der Waals surface area contributed by atoms with Crippen LogP contribution in [0, 0.1) is 0 Å². The minimum atomic E-state index is -0.313. The third-order valence-corrected chi connectivity index (χ3v) is 4.02. The standard InChI is InChI=1S/C17H22N2O/c1-3-17(18,4-2)12-19-16(20)15-10-9-13-7-5-6-8-14(13)11-15/h5-11H,3-4,12,18H2,1-2H3,(H,19,20). The van der Waals surface area contributed by atoms with E-state index in [2.05, 4.69) is 5.32 Å². The van der Waals surface area contributed by atoms with Crippen molar-refractivity contribution in [2.75, 3.05) is 6.54 Å². The second-order valence-corrected chi connectivity index (χ2v) is 5.31. The van der Waals surface area contributed by atoms with Gasteiger partial charge in [-0.2, -0.15) is 0 Å². The number of carbonyl (C=O) groups is 1. The Morgan fingerprint density at radius 3 is 2.40 bits per heavy atom. The van der Waals surface area contributed by atoms with Crippen molar-refractivity contribution in [3.8, 4) is 0 Å². The fraction of sp³-hybridized carbons (Fsp3) is 0.353. The van der Waals surface area contributed by atoms with Crippen LogP contribution >= 0.6 is 0 Å². The highest BCUT2D eigenvalue weighted by molar-refractivity contribution is 5.98. The first-order valence-corrected chi connectivity index (χ1v) is 7.14. The summed E-state index contributed by atoms with van der Waals surface area (Å²) in [6.45, 7) is 4.60. The average Bonchev–Trinajstić information content (AvgIpc) is 2.51. The largest absolute Gasteiger partial charge is 0.350 e. The van der Waals surface area contributed by atoms with E-state index in [9.17, 15) is 4.79 Å². The number of hydrogen-bond acceptors (Lipinski definition) is 2. The van der Waals surface area contributed by atoms with Gasteiger partial charge in [-0.15, -0.1) is 0 Å². The summed E-state index contributed by atoms with van der Waals surface area (Å²) < 4.78 is 0. The van der Waals surface area contributed by atoms with Crippen molar-refractivity contribution >= 4 is 16.7 Å². The van der Waals surface area contributed by atoms with Crippen LogP contribution in [0.5, 0.6) is 0 Å². The molecule has 0 aliphatic rings. The van der Waals surface area contributed by atoms with Crippen molar-refractivity contribution in [2.45, 2.75) is 32.2 Å². The maximum absolute atomic E-state index is 12.2. The first-order chi connectivity index (χ1) is 9.58. The summed E-state index contributed by atoms with van der Waals surface area (Å²) in [6.07, 6.45) is 1.70. The Morgan fingerprint density at radius 1 is 1.10 bits per heavy atom. The minimum Gasteiger partial charge on any atom is -0.350 e. The Labute approximate surface area is 120 Å². The van der Waals surface area contributed by atoms with Crippen molar-refractivity contribution in [2.24, 2.45) is 5.73 Å². The number of benzene rings is 2. The molecule has 0 bridgehead atoms. The van der Waals surface area contributed by atoms with Gasteiger partial charge in [-0.3, -0.25) is 4.79 Å². The van der Waals surface area contributed by atoms with Crippen molar-refractivity contribution in [1.82, 2.24) is 5.32 Å². The lowest BCUT2D eigenvalue weighted by Crippen LogP contribution is -2.49. The molecule has 0 fully saturated rings. The molecular formula is C17H22N2O. The molecule has 2 aromatic carbocycles. The zero-order valence-corrected chi connectivity index (χ0v) is 12.1. The molecule has 3 nitrogen and oxygen atoms in total. The van der Waals surface area contributed by atoms with Crippen molar-refractivity contribution in [3.63, 3.8) is 0 Å². The predicted octanol–water partition coefficient (Wildman–Crippen LogP) is 3.09. The van der Waals surface area contributed by atoms with Gasteiger partial charge in [0.05, 0.1) is 0 Å². The van der Waals surface area contributed by atoms with Crippen LogP contribution in [-0.4, -0.2) is 18.0 Å². The highest BCUT2D eigenvalue weighted by Gasteiger charge is 2.21. The number of hydrogen-bond donors (Lipinski definition) is 2. The minimum absolute atomic E-state index is 0.0625. The molecule has 2 rings (SSSR count). The molecule has 0 saturated heterocycles. The predicted molar refractivity (Wildman–Crippen MR) is 83.8 cm³/mol. The van der Waals surface area contributed by atoms with Gasteiger partial charge in [0, 0.05) is 17.6 Å². The van der Waals surface area contributed by atoms with Gasteiger partial charge in [-0.25, -0.2) is 0 Å². The molecule has 0 heterocycles. The SMILES string of the molecule is CCC(N)(CC)CNC(=O)c1ccc2ccccc2c1. The molecule has 106 valence electrons. The van der Waals surface area contributed by atoms with Gasteiger partial charge in [0.1, 0.15) is 0 Å². The Hall–Kier alpha value is -1.87. The van der Waals surface area contributed by atoms with E-state index in [0.717, 1.165) is 23.6 Å². The van der Waals surface area contributed by atoms with E-state index in [-0.39, 0.29) is 11.4 Å². The average molecular weight is 270 g/mol. The topological polar surface area (TPSA) is 55.1 Å². The van der Waals surface area contributed by atoms with Gasteiger partial charge in [0.25, 0.3) is 5.91 Å². The second-order valence-electron chi connectivity index (χ2n) is 5.31. The lowest BCUT2D eigenvalue weighted by atomic mass is 9.94. The first-order valence-electron chi connectivity index (χ1n) is 7.14. The lowest BCUT2D eigenvalue weighted by Gasteiger charge is -2.26. The van der Waals surface area contributed by atoms with Crippen LogP contribution in [0.25, 0.3) is 10.8 Å². The third kappa shape index (κ3) is 3.17. The molecule has 0 aliphatic carbocycles. The maximum Gasteiger partial charge on any atom is 0.251 e. The summed E-state index contributed by atoms with van der Waals surface area (Å²) in [4.78, 5) is 12.2. The quantitative estimate of drug-likeness (QED) is 0.877. The van der Waals surface area contributed by atoms with Gasteiger partial charge in [0.2, 0.25) is 0 Å². The van der Waals surface area contributed by atoms with Gasteiger partial charge >= 0.3 is 0 Å². The van der Waals surface area contributed by atoms with Crippen molar-refractivity contribution in [1.29, 1.82) is 0 Å². The number of amides is 1. The zero-order valence-electron chi connectivity index (χ0n) is 12.1. The summed E-state index contributed by atoms with van der Waals surface area (Å²) >= 11 is 0. The molecule has 0 aromatic heterocycles. The molecule has 0 aliphatic heterocycles. The molecule has 2 aromatic rings. The molecule has 0 saturated carbocycles. The molecule has 20 heavy (non-hydrogen) atoms. The van der Waals surface area contributed by atoms with Gasteiger partial charge in [-0.05, 0) is 35.7 Å². The summed E-state index contributed by atoms with van der Waals surface area (Å²) in [5.74, 6) is -0.0625. The Morgan fingerprint density at radius 2 is 1.75 bits per heavy atom. The van der Waals surface area contributed by atoms with Crippen LogP contribution in [0.2, 0.25) is 0 Å². The van der Waals surface area contributed by atoms with Crippen LogP contribution in [0.3, 0.4) is 0 Å². The third-order valence-electron chi connectivity index (χ3n) is 4.02. The molecular weight excluding hydrogens is 248 g/mol. The van der Waals surface area contributed by atoms with Crippen LogP contribution in [0.1, 0.15) is 37.0 Å². The Bertz CT molecular complexity index is 603. The fourth-order valence-electron chi connectivity index (χ4n) is 2.19. The van der Waals surface area contributed by atoms with Crippen LogP contribution in [0.4, 0.5) is 0 Å². The molecule has 0 unspecified atom stereocenters. The summed E-state index contributed by atoms with van der Waals surface area (Å²) in [6, 6.07) is 13.8. The number of carbonyl (C=O) groups excluding carboxylic acids is 1. The highest BCUT2D eigenvalue weighted by Crippen LogP contribution is 2.16. The number of rotatable bonds is 5. The molecule has 3 heteroatoms. The Kier molecular flexibility index (Phi) is 4.40. The molecule has 0 radical (unpaired) electrons. The van der Waals surface area contributed by atoms with Crippen molar-refractivity contribution in [3.05, 3.63) is 48.0 Å². The summed E-state index contributed by atoms with van der Waals surface area (Å²) in [7, 11) is 0. The molecule has 0 spiro atoms. The monoisotopic (exact) mass is 270 g/mol. The number of nitrogens with two attached hydrogens (primary N) is 1. The summed E-state index contributed by atoms with van der Waals surface area (Å²) in [5.41, 5.74) is 6.56. The lowest BCUT2D eigenvalue weighted by molar-refractivity contribution is 0.0942. The molecule has 1 amide bonds. The van der Waals surface area contributed by atoms with E-state index >= 15 is 0 Å².